The number of piperazine rings is 1. The van der Waals surface area contributed by atoms with Crippen LogP contribution in [-0.4, -0.2) is 42.5 Å². The van der Waals surface area contributed by atoms with Gasteiger partial charge in [0.15, 0.2) is 0 Å². The van der Waals surface area contributed by atoms with Gasteiger partial charge in [-0.1, -0.05) is 56.7 Å². The lowest BCUT2D eigenvalue weighted by Crippen LogP contribution is -2.46. The summed E-state index contributed by atoms with van der Waals surface area (Å²) in [5.74, 6) is 0. The third-order valence-corrected chi connectivity index (χ3v) is 4.86. The van der Waals surface area contributed by atoms with E-state index in [-0.39, 0.29) is 0 Å². The van der Waals surface area contributed by atoms with Gasteiger partial charge in [-0.15, -0.1) is 0 Å². The molecule has 1 aliphatic heterocycles. The van der Waals surface area contributed by atoms with Gasteiger partial charge in [-0.3, -0.25) is 4.90 Å². The zero-order chi connectivity index (χ0) is 19.9. The van der Waals surface area contributed by atoms with Crippen LogP contribution in [0.4, 0.5) is 0 Å². The van der Waals surface area contributed by atoms with E-state index in [0.29, 0.717) is 5.41 Å². The Morgan fingerprint density at radius 2 is 1.54 bits per heavy atom. The highest BCUT2D eigenvalue weighted by atomic mass is 15.3. The van der Waals surface area contributed by atoms with E-state index in [0.717, 1.165) is 39.1 Å². The smallest absolute Gasteiger partial charge is 0.0361 e. The van der Waals surface area contributed by atoms with Crippen LogP contribution in [-0.2, 0) is 0 Å². The second-order valence-corrected chi connectivity index (χ2v) is 9.05. The molecule has 0 aromatic heterocycles. The zero-order valence-corrected chi connectivity index (χ0v) is 18.3. The van der Waals surface area contributed by atoms with Gasteiger partial charge in [-0.2, -0.15) is 0 Å². The average molecular weight is 357 g/mol. The fourth-order valence-electron chi connectivity index (χ4n) is 3.24. The van der Waals surface area contributed by atoms with Crippen LogP contribution in [0.3, 0.4) is 0 Å². The third-order valence-electron chi connectivity index (χ3n) is 4.86. The minimum absolute atomic E-state index is 0.303. The van der Waals surface area contributed by atoms with Crippen LogP contribution in [0.15, 0.2) is 59.4 Å². The van der Waals surface area contributed by atoms with Crippen LogP contribution in [0.25, 0.3) is 0 Å². The molecule has 0 aromatic carbocycles. The number of nitrogens with zero attached hydrogens (tertiary/aromatic N) is 2. The van der Waals surface area contributed by atoms with Crippen LogP contribution in [0.1, 0.15) is 54.9 Å². The van der Waals surface area contributed by atoms with Gasteiger partial charge >= 0.3 is 0 Å². The first-order valence-electron chi connectivity index (χ1n) is 9.83. The van der Waals surface area contributed by atoms with Crippen LogP contribution >= 0.6 is 0 Å². The fourth-order valence-corrected chi connectivity index (χ4v) is 3.24. The van der Waals surface area contributed by atoms with Gasteiger partial charge in [-0.05, 0) is 57.3 Å². The van der Waals surface area contributed by atoms with Crippen LogP contribution in [0, 0.1) is 5.41 Å². The highest BCUT2D eigenvalue weighted by Gasteiger charge is 2.21. The number of allylic oxidation sites excluding steroid dienone is 6. The van der Waals surface area contributed by atoms with E-state index in [9.17, 15) is 0 Å². The summed E-state index contributed by atoms with van der Waals surface area (Å²) in [5.41, 5.74) is 6.97. The molecule has 0 radical (unpaired) electrons. The summed E-state index contributed by atoms with van der Waals surface area (Å²) in [4.78, 5) is 5.04. The molecule has 1 fully saturated rings. The molecule has 0 aliphatic carbocycles. The van der Waals surface area contributed by atoms with Crippen LogP contribution in [0.5, 0.6) is 0 Å². The summed E-state index contributed by atoms with van der Waals surface area (Å²) in [6.45, 7) is 29.1. The van der Waals surface area contributed by atoms with E-state index >= 15 is 0 Å². The maximum atomic E-state index is 4.17. The Hall–Kier alpha value is -1.54. The van der Waals surface area contributed by atoms with Crippen molar-refractivity contribution in [2.45, 2.75) is 54.9 Å². The molecule has 2 heteroatoms. The minimum Gasteiger partial charge on any atom is -0.369 e. The standard InChI is InChI=1S/C24H40N2/c1-10-23(12-11-19(2)3)26-15-13-25(14-16-26)18-22(17-24(7,8)9)21(6)20(4)5/h10-12H,1,4,13-18H2,2-3,5-9H3/b22-21-,23-12+. The van der Waals surface area contributed by atoms with Crippen LogP contribution in [0.2, 0.25) is 0 Å². The Kier molecular flexibility index (Phi) is 8.62. The van der Waals surface area contributed by atoms with E-state index in [4.69, 9.17) is 0 Å². The molecule has 0 unspecified atom stereocenters. The van der Waals surface area contributed by atoms with E-state index < -0.39 is 0 Å². The van der Waals surface area contributed by atoms with Gasteiger partial charge < -0.3 is 4.90 Å². The Morgan fingerprint density at radius 1 is 0.962 bits per heavy atom. The molecule has 0 aromatic rings. The second kappa shape index (κ2) is 9.97. The fraction of sp³-hybridized carbons (Fsp3) is 0.583. The Bertz CT molecular complexity index is 584. The predicted molar refractivity (Wildman–Crippen MR) is 117 cm³/mol. The molecule has 1 heterocycles. The molecule has 26 heavy (non-hydrogen) atoms. The normalized spacial score (nSPS) is 17.7. The number of hydrogen-bond donors (Lipinski definition) is 0. The van der Waals surface area contributed by atoms with Gasteiger partial charge in [-0.25, -0.2) is 0 Å². The topological polar surface area (TPSA) is 6.48 Å². The maximum Gasteiger partial charge on any atom is 0.0361 e. The molecule has 146 valence electrons. The SMILES string of the molecule is C=C/C(=C\C=C(C)C)N1CCN(C/C(CC(C)(C)C)=C(/C)C(=C)C)CC1. The molecule has 0 amide bonds. The predicted octanol–water partition coefficient (Wildman–Crippen LogP) is 5.97. The summed E-state index contributed by atoms with van der Waals surface area (Å²) in [6, 6.07) is 0. The summed E-state index contributed by atoms with van der Waals surface area (Å²) in [5, 5.41) is 0. The minimum atomic E-state index is 0.303. The molecular formula is C24H40N2. The van der Waals surface area contributed by atoms with Gasteiger partial charge in [0.2, 0.25) is 0 Å². The van der Waals surface area contributed by atoms with Crippen molar-refractivity contribution in [2.75, 3.05) is 32.7 Å². The first-order chi connectivity index (χ1) is 12.0. The Labute approximate surface area is 162 Å². The molecule has 0 bridgehead atoms. The van der Waals surface area contributed by atoms with Gasteiger partial charge in [0.1, 0.15) is 0 Å². The van der Waals surface area contributed by atoms with Crippen molar-refractivity contribution < 1.29 is 0 Å². The Balaban J connectivity index is 2.78. The van der Waals surface area contributed by atoms with Crippen molar-refractivity contribution in [1.29, 1.82) is 0 Å². The highest BCUT2D eigenvalue weighted by Crippen LogP contribution is 2.28. The average Bonchev–Trinajstić information content (AvgIpc) is 2.53. The lowest BCUT2D eigenvalue weighted by molar-refractivity contribution is 0.169. The lowest BCUT2D eigenvalue weighted by Gasteiger charge is -2.38. The number of rotatable bonds is 7. The molecule has 0 atom stereocenters. The van der Waals surface area contributed by atoms with Crippen LogP contribution < -0.4 is 0 Å². The Morgan fingerprint density at radius 3 is 1.96 bits per heavy atom. The van der Waals surface area contributed by atoms with Crippen molar-refractivity contribution in [3.63, 3.8) is 0 Å². The first-order valence-corrected chi connectivity index (χ1v) is 9.83. The van der Waals surface area contributed by atoms with Gasteiger partial charge in [0.05, 0.1) is 0 Å². The van der Waals surface area contributed by atoms with E-state index in [1.165, 1.54) is 22.4 Å². The molecule has 0 N–H and O–H groups in total. The van der Waals surface area contributed by atoms with E-state index in [2.05, 4.69) is 83.6 Å². The molecule has 2 nitrogen and oxygen atoms in total. The molecule has 0 spiro atoms. The zero-order valence-electron chi connectivity index (χ0n) is 18.3. The summed E-state index contributed by atoms with van der Waals surface area (Å²) in [6.07, 6.45) is 7.47. The van der Waals surface area contributed by atoms with Crippen molar-refractivity contribution in [1.82, 2.24) is 9.80 Å². The molecule has 1 saturated heterocycles. The molecule has 1 rings (SSSR count). The van der Waals surface area contributed by atoms with Crippen molar-refractivity contribution in [3.8, 4) is 0 Å². The summed E-state index contributed by atoms with van der Waals surface area (Å²) < 4.78 is 0. The quantitative estimate of drug-likeness (QED) is 0.519. The number of hydrogen-bond acceptors (Lipinski definition) is 2. The largest absolute Gasteiger partial charge is 0.369 e. The first kappa shape index (κ1) is 22.5. The summed E-state index contributed by atoms with van der Waals surface area (Å²) in [7, 11) is 0. The maximum absolute atomic E-state index is 4.17. The third kappa shape index (κ3) is 7.78. The van der Waals surface area contributed by atoms with Crippen molar-refractivity contribution in [2.24, 2.45) is 5.41 Å². The van der Waals surface area contributed by atoms with Gasteiger partial charge in [0.25, 0.3) is 0 Å². The van der Waals surface area contributed by atoms with Gasteiger partial charge in [0, 0.05) is 38.4 Å². The van der Waals surface area contributed by atoms with E-state index in [1.54, 1.807) is 5.57 Å². The summed E-state index contributed by atoms with van der Waals surface area (Å²) >= 11 is 0. The van der Waals surface area contributed by atoms with Crippen molar-refractivity contribution in [3.05, 3.63) is 59.4 Å². The molecular weight excluding hydrogens is 316 g/mol. The molecule has 0 saturated carbocycles. The second-order valence-electron chi connectivity index (χ2n) is 9.05. The monoisotopic (exact) mass is 356 g/mol. The highest BCUT2D eigenvalue weighted by molar-refractivity contribution is 5.31. The van der Waals surface area contributed by atoms with Crippen molar-refractivity contribution >= 4 is 0 Å². The lowest BCUT2D eigenvalue weighted by atomic mass is 9.85. The van der Waals surface area contributed by atoms with E-state index in [1.807, 2.05) is 6.08 Å². The molecule has 1 aliphatic rings.